The Morgan fingerprint density at radius 1 is 0.923 bits per heavy atom. The minimum absolute atomic E-state index is 0.00408. The number of carbonyl (C=O) groups is 1. The first-order chi connectivity index (χ1) is 17.7. The summed E-state index contributed by atoms with van der Waals surface area (Å²) < 4.78 is 134. The van der Waals surface area contributed by atoms with Gasteiger partial charge in [0, 0.05) is 5.56 Å². The van der Waals surface area contributed by atoms with Gasteiger partial charge >= 0.3 is 18.5 Å². The number of hydrogen-bond donors (Lipinski definition) is 2. The Morgan fingerprint density at radius 3 is 1.97 bits per heavy atom. The van der Waals surface area contributed by atoms with Crippen molar-refractivity contribution in [1.29, 1.82) is 0 Å². The molecule has 0 spiro atoms. The van der Waals surface area contributed by atoms with Crippen molar-refractivity contribution in [2.75, 3.05) is 13.1 Å². The Labute approximate surface area is 234 Å². The summed E-state index contributed by atoms with van der Waals surface area (Å²) in [5.41, 5.74) is -4.42. The van der Waals surface area contributed by atoms with E-state index in [0.717, 1.165) is 12.1 Å². The number of rotatable bonds is 7. The van der Waals surface area contributed by atoms with Gasteiger partial charge in [-0.25, -0.2) is 4.39 Å². The molecule has 1 atom stereocenters. The van der Waals surface area contributed by atoms with Crippen LogP contribution in [-0.4, -0.2) is 36.3 Å². The van der Waals surface area contributed by atoms with Crippen LogP contribution in [-0.2, 0) is 6.18 Å². The van der Waals surface area contributed by atoms with Gasteiger partial charge in [-0.15, -0.1) is 0 Å². The molecule has 2 aromatic carbocycles. The van der Waals surface area contributed by atoms with Crippen molar-refractivity contribution in [2.45, 2.75) is 24.4 Å². The second kappa shape index (κ2) is 12.5. The zero-order chi connectivity index (χ0) is 29.9. The summed E-state index contributed by atoms with van der Waals surface area (Å²) >= 11 is 21.8. The highest BCUT2D eigenvalue weighted by atomic mass is 35.5. The number of carbonyl (C=O) groups excluding carboxylic acids is 1. The Kier molecular flexibility index (Phi) is 10.5. The van der Waals surface area contributed by atoms with E-state index >= 15 is 0 Å². The van der Waals surface area contributed by atoms with E-state index in [0.29, 0.717) is 12.1 Å². The molecule has 2 N–H and O–H groups in total. The van der Waals surface area contributed by atoms with Crippen molar-refractivity contribution in [3.63, 3.8) is 0 Å². The summed E-state index contributed by atoms with van der Waals surface area (Å²) in [4.78, 5) is 11.7. The molecule has 0 bridgehead atoms. The fraction of sp³-hybridized carbons (Fsp3) is 0.273. The highest BCUT2D eigenvalue weighted by molar-refractivity contribution is 7.80. The number of hydrogen-bond acceptors (Lipinski definition) is 2. The zero-order valence-electron chi connectivity index (χ0n) is 18.7. The van der Waals surface area contributed by atoms with Gasteiger partial charge in [0.15, 0.2) is 0 Å². The first-order valence-corrected chi connectivity index (χ1v) is 11.7. The van der Waals surface area contributed by atoms with Crippen LogP contribution in [0, 0.1) is 0 Å². The van der Waals surface area contributed by atoms with Gasteiger partial charge in [-0.05, 0) is 35.9 Å². The third-order valence-electron chi connectivity index (χ3n) is 4.77. The molecule has 0 aliphatic heterocycles. The number of alkyl halides is 9. The molecule has 3 nitrogen and oxygen atoms in total. The molecule has 0 saturated heterocycles. The lowest BCUT2D eigenvalue weighted by Gasteiger charge is -2.19. The Balaban J connectivity index is 2.41. The first-order valence-electron chi connectivity index (χ1n) is 10.1. The smallest absolute Gasteiger partial charge is 0.369 e. The number of halogens is 13. The van der Waals surface area contributed by atoms with Crippen LogP contribution < -0.4 is 10.6 Å². The summed E-state index contributed by atoms with van der Waals surface area (Å²) in [6, 6.07) is 2.74. The SMILES string of the molecule is O=C(NCC(=S)NCC(F)(F)F)c1ccc(/C(F)=C/C(c2cc(Cl)c(Cl)c(Cl)c2)C(F)(F)F)cc1C(F)(F)F. The lowest BCUT2D eigenvalue weighted by molar-refractivity contribution is -0.140. The van der Waals surface area contributed by atoms with E-state index in [4.69, 9.17) is 34.8 Å². The highest BCUT2D eigenvalue weighted by Crippen LogP contribution is 2.42. The van der Waals surface area contributed by atoms with E-state index in [2.05, 4.69) is 12.2 Å². The molecule has 0 aromatic heterocycles. The fourth-order valence-corrected chi connectivity index (χ4v) is 3.78. The van der Waals surface area contributed by atoms with Gasteiger partial charge in [0.05, 0.1) is 37.7 Å². The van der Waals surface area contributed by atoms with Crippen LogP contribution in [0.1, 0.15) is 33.0 Å². The molecule has 0 radical (unpaired) electrons. The molecule has 2 rings (SSSR count). The lowest BCUT2D eigenvalue weighted by atomic mass is 9.95. The molecular formula is C22H13Cl3F10N2OS. The van der Waals surface area contributed by atoms with Gasteiger partial charge in [0.2, 0.25) is 0 Å². The van der Waals surface area contributed by atoms with Crippen LogP contribution in [0.5, 0.6) is 0 Å². The molecule has 39 heavy (non-hydrogen) atoms. The molecule has 0 aliphatic rings. The maximum absolute atomic E-state index is 14.9. The monoisotopic (exact) mass is 648 g/mol. The van der Waals surface area contributed by atoms with Gasteiger partial charge in [-0.1, -0.05) is 53.1 Å². The van der Waals surface area contributed by atoms with Crippen LogP contribution in [0.25, 0.3) is 5.83 Å². The largest absolute Gasteiger partial charge is 0.417 e. The Morgan fingerprint density at radius 2 is 1.49 bits per heavy atom. The summed E-state index contributed by atoms with van der Waals surface area (Å²) in [5.74, 6) is -5.87. The quantitative estimate of drug-likeness (QED) is 0.180. The molecule has 0 fully saturated rings. The molecule has 17 heteroatoms. The predicted octanol–water partition coefficient (Wildman–Crippen LogP) is 8.53. The maximum atomic E-state index is 14.9. The average molecular weight is 650 g/mol. The Hall–Kier alpha value is -2.29. The van der Waals surface area contributed by atoms with E-state index in [1.165, 1.54) is 0 Å². The number of nitrogens with one attached hydrogen (secondary N) is 2. The molecule has 0 heterocycles. The first kappa shape index (κ1) is 32.9. The summed E-state index contributed by atoms with van der Waals surface area (Å²) in [6.07, 6.45) is -15.1. The minimum atomic E-state index is -5.28. The van der Waals surface area contributed by atoms with Gasteiger partial charge in [0.1, 0.15) is 18.3 Å². The highest BCUT2D eigenvalue weighted by Gasteiger charge is 2.41. The van der Waals surface area contributed by atoms with Crippen LogP contribution in [0.3, 0.4) is 0 Å². The van der Waals surface area contributed by atoms with Crippen molar-refractivity contribution in [2.24, 2.45) is 0 Å². The van der Waals surface area contributed by atoms with Crippen molar-refractivity contribution in [3.05, 3.63) is 73.7 Å². The lowest BCUT2D eigenvalue weighted by Crippen LogP contribution is -2.40. The number of allylic oxidation sites excluding steroid dienone is 1. The maximum Gasteiger partial charge on any atom is 0.417 e. The van der Waals surface area contributed by atoms with Crippen LogP contribution in [0.2, 0.25) is 15.1 Å². The molecule has 1 amide bonds. The van der Waals surface area contributed by atoms with Gasteiger partial charge in [0.25, 0.3) is 5.91 Å². The minimum Gasteiger partial charge on any atom is -0.369 e. The van der Waals surface area contributed by atoms with Gasteiger partial charge in [-0.3, -0.25) is 4.79 Å². The number of thiocarbonyl (C=S) groups is 1. The van der Waals surface area contributed by atoms with Crippen molar-refractivity contribution in [3.8, 4) is 0 Å². The second-order valence-corrected chi connectivity index (χ2v) is 9.35. The van der Waals surface area contributed by atoms with Crippen molar-refractivity contribution >= 4 is 63.7 Å². The van der Waals surface area contributed by atoms with Crippen LogP contribution in [0.4, 0.5) is 43.9 Å². The van der Waals surface area contributed by atoms with E-state index in [9.17, 15) is 48.7 Å². The molecule has 0 saturated carbocycles. The van der Waals surface area contributed by atoms with Crippen molar-refractivity contribution in [1.82, 2.24) is 10.6 Å². The molecule has 2 aromatic rings. The third-order valence-corrected chi connectivity index (χ3v) is 6.26. The predicted molar refractivity (Wildman–Crippen MR) is 130 cm³/mol. The topological polar surface area (TPSA) is 41.1 Å². The van der Waals surface area contributed by atoms with Gasteiger partial charge < -0.3 is 10.6 Å². The molecular weight excluding hydrogens is 637 g/mol. The van der Waals surface area contributed by atoms with E-state index in [1.54, 1.807) is 5.32 Å². The average Bonchev–Trinajstić information content (AvgIpc) is 2.80. The fourth-order valence-electron chi connectivity index (χ4n) is 3.02. The second-order valence-electron chi connectivity index (χ2n) is 7.67. The number of benzene rings is 2. The normalized spacial score (nSPS) is 13.7. The zero-order valence-corrected chi connectivity index (χ0v) is 21.8. The summed E-state index contributed by atoms with van der Waals surface area (Å²) in [7, 11) is 0. The van der Waals surface area contributed by atoms with Crippen molar-refractivity contribution < 1.29 is 48.7 Å². The van der Waals surface area contributed by atoms with Crippen LogP contribution in [0.15, 0.2) is 36.4 Å². The van der Waals surface area contributed by atoms with Crippen LogP contribution >= 0.6 is 47.0 Å². The summed E-state index contributed by atoms with van der Waals surface area (Å²) in [5, 5.41) is 2.59. The third kappa shape index (κ3) is 9.40. The Bertz CT molecular complexity index is 1250. The molecule has 214 valence electrons. The standard InChI is InChI=1S/C22H13Cl3F10N2OS/c23-14-4-10(5-15(24)18(14)25)12(21(30,31)32)6-16(26)9-1-2-11(13(3-9)22(33,34)35)19(38)36-7-17(39)37-8-20(27,28)29/h1-6,12H,7-8H2,(H,36,38)(H,37,39)/b16-6-. The molecule has 1 unspecified atom stereocenters. The van der Waals surface area contributed by atoms with Gasteiger partial charge in [-0.2, -0.15) is 39.5 Å². The molecule has 0 aliphatic carbocycles. The van der Waals surface area contributed by atoms with E-state index in [1.807, 2.05) is 5.32 Å². The van der Waals surface area contributed by atoms with E-state index < -0.39 is 76.5 Å². The summed E-state index contributed by atoms with van der Waals surface area (Å²) in [6.45, 7) is -2.32. The van der Waals surface area contributed by atoms with E-state index in [-0.39, 0.29) is 27.2 Å². The number of amides is 1.